The Morgan fingerprint density at radius 3 is 2.40 bits per heavy atom. The van der Waals surface area contributed by atoms with Crippen molar-refractivity contribution in [3.05, 3.63) is 35.1 Å². The van der Waals surface area contributed by atoms with E-state index in [4.69, 9.17) is 5.73 Å². The van der Waals surface area contributed by atoms with Gasteiger partial charge in [0.25, 0.3) is 0 Å². The second-order valence-corrected chi connectivity index (χ2v) is 7.03. The number of nitrogens with two attached hydrogens (primary N) is 1. The first-order chi connectivity index (χ1) is 9.40. The second kappa shape index (κ2) is 6.23. The molecule has 1 fully saturated rings. The number of halogens is 1. The molecule has 1 heterocycles. The van der Waals surface area contributed by atoms with Crippen LogP contribution in [0.15, 0.2) is 18.2 Å². The Hall–Kier alpha value is -0.930. The number of nitrogens with zero attached hydrogens (tertiary/aromatic N) is 1. The van der Waals surface area contributed by atoms with E-state index in [0.717, 1.165) is 36.7 Å². The highest BCUT2D eigenvalue weighted by atomic mass is 19.1. The second-order valence-electron chi connectivity index (χ2n) is 7.03. The summed E-state index contributed by atoms with van der Waals surface area (Å²) < 4.78 is 13.4. The maximum atomic E-state index is 13.4. The van der Waals surface area contributed by atoms with E-state index >= 15 is 0 Å². The van der Waals surface area contributed by atoms with Gasteiger partial charge in [-0.1, -0.05) is 26.8 Å². The van der Waals surface area contributed by atoms with Crippen LogP contribution in [0, 0.1) is 17.2 Å². The number of likely N-dealkylation sites (tertiary alicyclic amines) is 1. The fourth-order valence-corrected chi connectivity index (χ4v) is 3.14. The van der Waals surface area contributed by atoms with Crippen molar-refractivity contribution < 1.29 is 4.39 Å². The largest absolute Gasteiger partial charge is 0.326 e. The molecule has 0 bridgehead atoms. The van der Waals surface area contributed by atoms with E-state index in [1.165, 1.54) is 18.9 Å². The number of hydrogen-bond acceptors (Lipinski definition) is 2. The molecule has 1 aliphatic rings. The van der Waals surface area contributed by atoms with E-state index in [1.807, 2.05) is 6.07 Å². The van der Waals surface area contributed by atoms with Crippen molar-refractivity contribution in [2.24, 2.45) is 17.1 Å². The Bertz CT molecular complexity index is 443. The van der Waals surface area contributed by atoms with Crippen molar-refractivity contribution in [2.75, 3.05) is 13.1 Å². The third-order valence-corrected chi connectivity index (χ3v) is 4.59. The van der Waals surface area contributed by atoms with Crippen molar-refractivity contribution in [1.82, 2.24) is 4.90 Å². The molecular weight excluding hydrogens is 251 g/mol. The van der Waals surface area contributed by atoms with Gasteiger partial charge in [-0.2, -0.15) is 0 Å². The summed E-state index contributed by atoms with van der Waals surface area (Å²) in [6, 6.07) is 4.95. The lowest BCUT2D eigenvalue weighted by Gasteiger charge is -2.39. The smallest absolute Gasteiger partial charge is 0.123 e. The topological polar surface area (TPSA) is 29.3 Å². The summed E-state index contributed by atoms with van der Waals surface area (Å²) in [6.07, 6.45) is 2.47. The number of rotatable bonds is 3. The van der Waals surface area contributed by atoms with Crippen LogP contribution in [0.4, 0.5) is 4.39 Å². The molecule has 0 atom stereocenters. The van der Waals surface area contributed by atoms with Gasteiger partial charge in [-0.25, -0.2) is 4.39 Å². The first-order valence-corrected chi connectivity index (χ1v) is 7.60. The number of hydrogen-bond donors (Lipinski definition) is 1. The molecule has 0 spiro atoms. The van der Waals surface area contributed by atoms with Crippen LogP contribution in [0.3, 0.4) is 0 Å². The summed E-state index contributed by atoms with van der Waals surface area (Å²) in [5.41, 5.74) is 8.24. The van der Waals surface area contributed by atoms with Crippen molar-refractivity contribution in [2.45, 2.75) is 46.7 Å². The van der Waals surface area contributed by atoms with E-state index in [2.05, 4.69) is 25.7 Å². The van der Waals surface area contributed by atoms with Crippen LogP contribution in [-0.4, -0.2) is 18.0 Å². The van der Waals surface area contributed by atoms with Crippen molar-refractivity contribution in [3.63, 3.8) is 0 Å². The Balaban J connectivity index is 1.97. The third-order valence-electron chi connectivity index (χ3n) is 4.59. The summed E-state index contributed by atoms with van der Waals surface area (Å²) in [4.78, 5) is 2.43. The van der Waals surface area contributed by atoms with Gasteiger partial charge in [0.1, 0.15) is 5.82 Å². The fraction of sp³-hybridized carbons (Fsp3) is 0.647. The van der Waals surface area contributed by atoms with Gasteiger partial charge in [0.15, 0.2) is 0 Å². The molecule has 0 radical (unpaired) electrons. The van der Waals surface area contributed by atoms with Gasteiger partial charge >= 0.3 is 0 Å². The van der Waals surface area contributed by atoms with E-state index in [0.29, 0.717) is 12.0 Å². The maximum absolute atomic E-state index is 13.4. The molecule has 2 rings (SSSR count). The van der Waals surface area contributed by atoms with Gasteiger partial charge in [0.05, 0.1) is 0 Å². The van der Waals surface area contributed by atoms with E-state index in [1.54, 1.807) is 6.07 Å². The third kappa shape index (κ3) is 3.80. The molecule has 0 amide bonds. The SMILES string of the molecule is CC(C)(C)C1CCN(Cc2cc(F)ccc2CN)CC1. The molecule has 2 nitrogen and oxygen atoms in total. The summed E-state index contributed by atoms with van der Waals surface area (Å²) >= 11 is 0. The minimum Gasteiger partial charge on any atom is -0.326 e. The van der Waals surface area contributed by atoms with Crippen molar-refractivity contribution >= 4 is 0 Å². The first kappa shape index (κ1) is 15.5. The predicted molar refractivity (Wildman–Crippen MR) is 81.7 cm³/mol. The number of benzene rings is 1. The van der Waals surface area contributed by atoms with Gasteiger partial charge in [-0.15, -0.1) is 0 Å². The van der Waals surface area contributed by atoms with Crippen LogP contribution in [0.2, 0.25) is 0 Å². The van der Waals surface area contributed by atoms with Gasteiger partial charge < -0.3 is 5.73 Å². The van der Waals surface area contributed by atoms with Gasteiger partial charge in [-0.3, -0.25) is 4.90 Å². The van der Waals surface area contributed by atoms with E-state index < -0.39 is 0 Å². The molecule has 1 aliphatic heterocycles. The van der Waals surface area contributed by atoms with Crippen LogP contribution >= 0.6 is 0 Å². The standard InChI is InChI=1S/C17H27FN2/c1-17(2,3)15-6-8-20(9-7-15)12-14-10-16(18)5-4-13(14)11-19/h4-5,10,15H,6-9,11-12,19H2,1-3H3. The Morgan fingerprint density at radius 2 is 1.85 bits per heavy atom. The monoisotopic (exact) mass is 278 g/mol. The quantitative estimate of drug-likeness (QED) is 0.916. The maximum Gasteiger partial charge on any atom is 0.123 e. The molecule has 0 aliphatic carbocycles. The molecule has 0 unspecified atom stereocenters. The average molecular weight is 278 g/mol. The van der Waals surface area contributed by atoms with Crippen LogP contribution < -0.4 is 5.73 Å². The van der Waals surface area contributed by atoms with Crippen LogP contribution in [0.1, 0.15) is 44.7 Å². The Labute approximate surface area is 122 Å². The Kier molecular flexibility index (Phi) is 4.82. The summed E-state index contributed by atoms with van der Waals surface area (Å²) in [5.74, 6) is 0.627. The summed E-state index contributed by atoms with van der Waals surface area (Å²) in [5, 5.41) is 0. The highest BCUT2D eigenvalue weighted by Crippen LogP contribution is 2.34. The summed E-state index contributed by atoms with van der Waals surface area (Å²) in [6.45, 7) is 10.5. The average Bonchev–Trinajstić information content (AvgIpc) is 2.38. The highest BCUT2D eigenvalue weighted by Gasteiger charge is 2.28. The normalized spacial score (nSPS) is 18.4. The minimum absolute atomic E-state index is 0.165. The van der Waals surface area contributed by atoms with Gasteiger partial charge in [0.2, 0.25) is 0 Å². The van der Waals surface area contributed by atoms with Crippen molar-refractivity contribution in [1.29, 1.82) is 0 Å². The molecule has 2 N–H and O–H groups in total. The van der Waals surface area contributed by atoms with E-state index in [-0.39, 0.29) is 5.82 Å². The van der Waals surface area contributed by atoms with Gasteiger partial charge in [0, 0.05) is 13.1 Å². The Morgan fingerprint density at radius 1 is 1.20 bits per heavy atom. The lowest BCUT2D eigenvalue weighted by molar-refractivity contribution is 0.108. The van der Waals surface area contributed by atoms with Crippen LogP contribution in [-0.2, 0) is 13.1 Å². The molecule has 20 heavy (non-hydrogen) atoms. The molecule has 3 heteroatoms. The fourth-order valence-electron chi connectivity index (χ4n) is 3.14. The lowest BCUT2D eigenvalue weighted by Crippen LogP contribution is -2.37. The minimum atomic E-state index is -0.165. The lowest BCUT2D eigenvalue weighted by atomic mass is 9.75. The molecule has 1 aromatic carbocycles. The molecule has 1 saturated heterocycles. The summed E-state index contributed by atoms with van der Waals surface area (Å²) in [7, 11) is 0. The zero-order valence-corrected chi connectivity index (χ0v) is 13.0. The van der Waals surface area contributed by atoms with Gasteiger partial charge in [-0.05, 0) is 60.5 Å². The zero-order valence-electron chi connectivity index (χ0n) is 13.0. The zero-order chi connectivity index (χ0) is 14.8. The first-order valence-electron chi connectivity index (χ1n) is 7.60. The molecule has 0 saturated carbocycles. The molecule has 0 aromatic heterocycles. The molecular formula is C17H27FN2. The van der Waals surface area contributed by atoms with E-state index in [9.17, 15) is 4.39 Å². The van der Waals surface area contributed by atoms with Crippen LogP contribution in [0.25, 0.3) is 0 Å². The highest BCUT2D eigenvalue weighted by molar-refractivity contribution is 5.27. The predicted octanol–water partition coefficient (Wildman–Crippen LogP) is 3.54. The molecule has 1 aromatic rings. The molecule has 112 valence electrons. The number of piperidine rings is 1. The van der Waals surface area contributed by atoms with Crippen molar-refractivity contribution in [3.8, 4) is 0 Å². The van der Waals surface area contributed by atoms with Crippen LogP contribution in [0.5, 0.6) is 0 Å².